The fourth-order valence-electron chi connectivity index (χ4n) is 4.91. The molecule has 0 aromatic heterocycles. The Kier molecular flexibility index (Phi) is 9.65. The number of nitrogens with zero attached hydrogens (tertiary/aromatic N) is 2. The van der Waals surface area contributed by atoms with Crippen molar-refractivity contribution >= 4 is 27.5 Å². The van der Waals surface area contributed by atoms with E-state index in [0.29, 0.717) is 5.75 Å². The normalized spacial score (nSPS) is 14.3. The lowest BCUT2D eigenvalue weighted by Gasteiger charge is -2.32. The van der Waals surface area contributed by atoms with E-state index in [0.717, 1.165) is 47.2 Å². The van der Waals surface area contributed by atoms with Gasteiger partial charge in [0.2, 0.25) is 11.8 Å². The smallest absolute Gasteiger partial charge is 0.264 e. The third-order valence-electron chi connectivity index (χ3n) is 7.39. The van der Waals surface area contributed by atoms with Gasteiger partial charge in [0.15, 0.2) is 0 Å². The third-order valence-corrected chi connectivity index (χ3v) is 9.16. The van der Waals surface area contributed by atoms with Crippen LogP contribution < -0.4 is 14.4 Å². The summed E-state index contributed by atoms with van der Waals surface area (Å²) >= 11 is 0. The second kappa shape index (κ2) is 13.2. The molecular weight excluding hydrogens is 545 g/mol. The predicted molar refractivity (Wildman–Crippen MR) is 156 cm³/mol. The van der Waals surface area contributed by atoms with Crippen LogP contribution in [0.2, 0.25) is 0 Å². The van der Waals surface area contributed by atoms with E-state index in [9.17, 15) is 18.0 Å². The highest BCUT2D eigenvalue weighted by atomic mass is 32.2. The van der Waals surface area contributed by atoms with Crippen molar-refractivity contribution < 1.29 is 27.1 Å². The van der Waals surface area contributed by atoms with Crippen molar-refractivity contribution in [3.05, 3.63) is 89.7 Å². The second-order valence-corrected chi connectivity index (χ2v) is 12.2. The van der Waals surface area contributed by atoms with E-state index >= 15 is 4.39 Å². The van der Waals surface area contributed by atoms with Gasteiger partial charge in [0, 0.05) is 12.6 Å². The molecule has 0 bridgehead atoms. The van der Waals surface area contributed by atoms with E-state index in [2.05, 4.69) is 5.32 Å². The molecular formula is C31H36FN3O5S. The van der Waals surface area contributed by atoms with Gasteiger partial charge in [0.25, 0.3) is 10.0 Å². The maximum atomic E-state index is 15.0. The molecule has 218 valence electrons. The fraction of sp³-hybridized carbons (Fsp3) is 0.355. The lowest BCUT2D eigenvalue weighted by atomic mass is 10.1. The number of ether oxygens (including phenoxy) is 1. The van der Waals surface area contributed by atoms with Crippen molar-refractivity contribution in [3.63, 3.8) is 0 Å². The van der Waals surface area contributed by atoms with Gasteiger partial charge in [0.05, 0.1) is 17.7 Å². The Morgan fingerprint density at radius 2 is 1.63 bits per heavy atom. The van der Waals surface area contributed by atoms with Gasteiger partial charge in [-0.15, -0.1) is 0 Å². The number of carbonyl (C=O) groups excluding carboxylic acids is 2. The summed E-state index contributed by atoms with van der Waals surface area (Å²) in [6.07, 6.45) is 3.81. The number of halogens is 1. The molecule has 10 heteroatoms. The molecule has 3 aromatic rings. The highest BCUT2D eigenvalue weighted by molar-refractivity contribution is 7.92. The molecule has 0 spiro atoms. The van der Waals surface area contributed by atoms with Crippen LogP contribution in [0.15, 0.2) is 77.7 Å². The summed E-state index contributed by atoms with van der Waals surface area (Å²) in [5, 5.41) is 3.03. The summed E-state index contributed by atoms with van der Waals surface area (Å²) in [6.45, 7) is 2.78. The van der Waals surface area contributed by atoms with Crippen LogP contribution in [0, 0.1) is 12.7 Å². The first-order chi connectivity index (χ1) is 19.6. The maximum absolute atomic E-state index is 15.0. The molecule has 0 heterocycles. The van der Waals surface area contributed by atoms with Crippen LogP contribution in [0.3, 0.4) is 0 Å². The molecule has 8 nitrogen and oxygen atoms in total. The molecule has 2 amide bonds. The van der Waals surface area contributed by atoms with E-state index in [1.54, 1.807) is 50.4 Å². The quantitative estimate of drug-likeness (QED) is 0.351. The van der Waals surface area contributed by atoms with Crippen molar-refractivity contribution in [2.24, 2.45) is 0 Å². The van der Waals surface area contributed by atoms with Gasteiger partial charge < -0.3 is 15.0 Å². The molecule has 1 atom stereocenters. The van der Waals surface area contributed by atoms with Crippen molar-refractivity contribution in [2.45, 2.75) is 63.1 Å². The average molecular weight is 582 g/mol. The van der Waals surface area contributed by atoms with Crippen LogP contribution in [-0.2, 0) is 26.2 Å². The molecule has 41 heavy (non-hydrogen) atoms. The van der Waals surface area contributed by atoms with Gasteiger partial charge in [-0.25, -0.2) is 12.8 Å². The van der Waals surface area contributed by atoms with Gasteiger partial charge in [-0.1, -0.05) is 54.8 Å². The zero-order chi connectivity index (χ0) is 29.6. The van der Waals surface area contributed by atoms with E-state index in [4.69, 9.17) is 4.74 Å². The van der Waals surface area contributed by atoms with Crippen molar-refractivity contribution in [2.75, 3.05) is 18.0 Å². The molecule has 0 radical (unpaired) electrons. The van der Waals surface area contributed by atoms with Crippen LogP contribution in [0.5, 0.6) is 5.75 Å². The number of amides is 2. The zero-order valence-electron chi connectivity index (χ0n) is 23.5. The minimum Gasteiger partial charge on any atom is -0.497 e. The minimum atomic E-state index is -4.34. The van der Waals surface area contributed by atoms with Crippen molar-refractivity contribution in [1.29, 1.82) is 0 Å². The lowest BCUT2D eigenvalue weighted by Crippen LogP contribution is -2.52. The minimum absolute atomic E-state index is 0.0395. The molecule has 1 saturated carbocycles. The van der Waals surface area contributed by atoms with Gasteiger partial charge in [-0.3, -0.25) is 13.9 Å². The Morgan fingerprint density at radius 3 is 2.24 bits per heavy atom. The SMILES string of the molecule is COc1ccc(CN(C(=O)CN(c2ccccc2F)S(=O)(=O)c2ccc(C)cc2)C(C)C(=O)NC2CCCC2)cc1. The third kappa shape index (κ3) is 7.24. The van der Waals surface area contributed by atoms with Crippen molar-refractivity contribution in [3.8, 4) is 5.75 Å². The first-order valence-electron chi connectivity index (χ1n) is 13.7. The summed E-state index contributed by atoms with van der Waals surface area (Å²) in [7, 11) is -2.79. The van der Waals surface area contributed by atoms with Gasteiger partial charge in [-0.05, 0) is 68.7 Å². The number of anilines is 1. The lowest BCUT2D eigenvalue weighted by molar-refractivity contribution is -0.139. The van der Waals surface area contributed by atoms with Crippen LogP contribution in [0.4, 0.5) is 10.1 Å². The standard InChI is InChI=1S/C31H36FN3O5S/c1-22-12-18-27(19-13-22)41(38,39)35(29-11-7-6-10-28(29)32)21-30(36)34(20-24-14-16-26(40-3)17-15-24)23(2)31(37)33-25-8-4-5-9-25/h6-7,10-19,23,25H,4-5,8-9,20-21H2,1-3H3,(H,33,37). The maximum Gasteiger partial charge on any atom is 0.264 e. The Hall–Kier alpha value is -3.92. The number of carbonyl (C=O) groups is 2. The molecule has 1 unspecified atom stereocenters. The van der Waals surface area contributed by atoms with Gasteiger partial charge in [0.1, 0.15) is 24.2 Å². The Labute approximate surface area is 241 Å². The first kappa shape index (κ1) is 30.0. The molecule has 1 fully saturated rings. The van der Waals surface area contributed by atoms with E-state index < -0.39 is 34.3 Å². The number of hydrogen-bond acceptors (Lipinski definition) is 5. The largest absolute Gasteiger partial charge is 0.497 e. The van der Waals surface area contributed by atoms with E-state index in [-0.39, 0.29) is 29.1 Å². The summed E-state index contributed by atoms with van der Waals surface area (Å²) < 4.78 is 48.7. The fourth-order valence-corrected chi connectivity index (χ4v) is 6.33. The van der Waals surface area contributed by atoms with Gasteiger partial charge in [-0.2, -0.15) is 0 Å². The van der Waals surface area contributed by atoms with Crippen LogP contribution in [0.1, 0.15) is 43.7 Å². The monoisotopic (exact) mass is 581 g/mol. The Morgan fingerprint density at radius 1 is 1.00 bits per heavy atom. The Balaban J connectivity index is 1.69. The van der Waals surface area contributed by atoms with Crippen molar-refractivity contribution in [1.82, 2.24) is 10.2 Å². The molecule has 1 aliphatic carbocycles. The highest BCUT2D eigenvalue weighted by Gasteiger charge is 2.34. The number of benzene rings is 3. The Bertz CT molecular complexity index is 1460. The summed E-state index contributed by atoms with van der Waals surface area (Å²) in [5.41, 5.74) is 1.32. The van der Waals surface area contributed by atoms with Crippen LogP contribution in [-0.4, -0.2) is 50.9 Å². The first-order valence-corrected chi connectivity index (χ1v) is 15.1. The zero-order valence-corrected chi connectivity index (χ0v) is 24.4. The number of methoxy groups -OCH3 is 1. The number of rotatable bonds is 11. The highest BCUT2D eigenvalue weighted by Crippen LogP contribution is 2.27. The molecule has 3 aromatic carbocycles. The topological polar surface area (TPSA) is 96.0 Å². The number of nitrogens with one attached hydrogen (secondary N) is 1. The number of sulfonamides is 1. The second-order valence-electron chi connectivity index (χ2n) is 10.3. The molecule has 0 aliphatic heterocycles. The van der Waals surface area contributed by atoms with Gasteiger partial charge >= 0.3 is 0 Å². The van der Waals surface area contributed by atoms with E-state index in [1.165, 1.54) is 35.2 Å². The average Bonchev–Trinajstić information content (AvgIpc) is 3.48. The predicted octanol–water partition coefficient (Wildman–Crippen LogP) is 4.81. The van der Waals surface area contributed by atoms with Crippen LogP contribution in [0.25, 0.3) is 0 Å². The number of aryl methyl sites for hydroxylation is 1. The summed E-state index contributed by atoms with van der Waals surface area (Å²) in [5.74, 6) is -1.12. The van der Waals surface area contributed by atoms with E-state index in [1.807, 2.05) is 6.92 Å². The molecule has 4 rings (SSSR count). The number of hydrogen-bond donors (Lipinski definition) is 1. The summed E-state index contributed by atoms with van der Waals surface area (Å²) in [4.78, 5) is 28.5. The molecule has 0 saturated heterocycles. The number of para-hydroxylation sites is 1. The van der Waals surface area contributed by atoms with Crippen LogP contribution >= 0.6 is 0 Å². The molecule has 1 N–H and O–H groups in total. The molecule has 1 aliphatic rings. The summed E-state index contributed by atoms with van der Waals surface area (Å²) in [6, 6.07) is 17.7.